The molecule has 0 spiro atoms. The molecule has 0 saturated carbocycles. The van der Waals surface area contributed by atoms with Crippen LogP contribution in [0, 0.1) is 0 Å². The second-order valence-corrected chi connectivity index (χ2v) is 7.32. The molecule has 0 saturated heterocycles. The van der Waals surface area contributed by atoms with E-state index < -0.39 is 0 Å². The molecule has 0 fully saturated rings. The van der Waals surface area contributed by atoms with Crippen molar-refractivity contribution in [1.29, 1.82) is 0 Å². The van der Waals surface area contributed by atoms with Crippen molar-refractivity contribution in [3.05, 3.63) is 95.0 Å². The third-order valence-corrected chi connectivity index (χ3v) is 5.49. The van der Waals surface area contributed by atoms with E-state index in [1.807, 2.05) is 78.9 Å². The smallest absolute Gasteiger partial charge is 0.266 e. The number of thioether (sulfide) groups is 1. The van der Waals surface area contributed by atoms with E-state index in [-0.39, 0.29) is 5.56 Å². The molecule has 6 heteroatoms. The van der Waals surface area contributed by atoms with E-state index in [0.717, 1.165) is 22.5 Å². The highest BCUT2D eigenvalue weighted by Crippen LogP contribution is 2.24. The highest BCUT2D eigenvalue weighted by Gasteiger charge is 2.14. The number of aromatic amines is 1. The van der Waals surface area contributed by atoms with Crippen LogP contribution in [0.25, 0.3) is 27.6 Å². The lowest BCUT2D eigenvalue weighted by Gasteiger charge is -2.12. The molecule has 0 unspecified atom stereocenters. The van der Waals surface area contributed by atoms with Crippen LogP contribution in [0.15, 0.2) is 88.8 Å². The number of hydrogen-bond acceptors (Lipinski definition) is 4. The third kappa shape index (κ3) is 2.97. The van der Waals surface area contributed by atoms with Gasteiger partial charge >= 0.3 is 0 Å². The van der Waals surface area contributed by atoms with E-state index in [4.69, 9.17) is 4.98 Å². The van der Waals surface area contributed by atoms with Gasteiger partial charge in [0.1, 0.15) is 5.82 Å². The second kappa shape index (κ2) is 6.98. The molecule has 28 heavy (non-hydrogen) atoms. The van der Waals surface area contributed by atoms with Gasteiger partial charge in [-0.25, -0.2) is 9.97 Å². The van der Waals surface area contributed by atoms with Crippen LogP contribution in [0.1, 0.15) is 5.82 Å². The maximum Gasteiger partial charge on any atom is 0.266 e. The molecule has 2 aromatic heterocycles. The summed E-state index contributed by atoms with van der Waals surface area (Å²) >= 11 is 1.50. The number of rotatable bonds is 4. The van der Waals surface area contributed by atoms with Gasteiger partial charge in [-0.3, -0.25) is 9.36 Å². The summed E-state index contributed by atoms with van der Waals surface area (Å²) in [4.78, 5) is 25.9. The molecule has 5 aromatic rings. The number of nitrogens with zero attached hydrogens (tertiary/aromatic N) is 3. The Morgan fingerprint density at radius 1 is 0.821 bits per heavy atom. The highest BCUT2D eigenvalue weighted by atomic mass is 32.2. The number of aromatic nitrogens is 4. The molecule has 0 aliphatic carbocycles. The van der Waals surface area contributed by atoms with Gasteiger partial charge in [0.25, 0.3) is 5.56 Å². The Labute approximate surface area is 165 Å². The molecule has 0 bridgehead atoms. The first kappa shape index (κ1) is 16.8. The van der Waals surface area contributed by atoms with Crippen molar-refractivity contribution in [1.82, 2.24) is 19.5 Å². The fourth-order valence-electron chi connectivity index (χ4n) is 3.22. The number of hydrogen-bond donors (Lipinski definition) is 1. The molecule has 3 aromatic carbocycles. The van der Waals surface area contributed by atoms with E-state index in [9.17, 15) is 4.79 Å². The predicted molar refractivity (Wildman–Crippen MR) is 113 cm³/mol. The van der Waals surface area contributed by atoms with Crippen molar-refractivity contribution in [3.63, 3.8) is 0 Å². The van der Waals surface area contributed by atoms with Gasteiger partial charge in [0.05, 0.1) is 33.4 Å². The predicted octanol–water partition coefficient (Wildman–Crippen LogP) is 4.55. The fraction of sp³-hybridized carbons (Fsp3) is 0.0455. The first-order chi connectivity index (χ1) is 13.8. The molecular formula is C22H16N4OS. The van der Waals surface area contributed by atoms with E-state index in [1.54, 1.807) is 4.57 Å². The largest absolute Gasteiger partial charge is 0.341 e. The minimum Gasteiger partial charge on any atom is -0.341 e. The number of H-pyrrole nitrogens is 1. The molecule has 0 radical (unpaired) electrons. The lowest BCUT2D eigenvalue weighted by Crippen LogP contribution is -2.21. The summed E-state index contributed by atoms with van der Waals surface area (Å²) in [6, 6.07) is 25.0. The molecule has 0 atom stereocenters. The van der Waals surface area contributed by atoms with Crippen molar-refractivity contribution < 1.29 is 0 Å². The molecule has 5 nitrogen and oxygen atoms in total. The Morgan fingerprint density at radius 3 is 2.36 bits per heavy atom. The third-order valence-electron chi connectivity index (χ3n) is 4.54. The SMILES string of the molecule is O=c1c2ccccc2nc(SCc2nc3ccccc3[nH]2)n1-c1ccccc1. The van der Waals surface area contributed by atoms with Crippen LogP contribution in [0.2, 0.25) is 0 Å². The highest BCUT2D eigenvalue weighted by molar-refractivity contribution is 7.98. The normalized spacial score (nSPS) is 11.3. The topological polar surface area (TPSA) is 63.6 Å². The number of imidazole rings is 1. The van der Waals surface area contributed by atoms with E-state index in [1.165, 1.54) is 11.8 Å². The summed E-state index contributed by atoms with van der Waals surface area (Å²) in [6.45, 7) is 0. The van der Waals surface area contributed by atoms with E-state index in [2.05, 4.69) is 9.97 Å². The zero-order valence-corrected chi connectivity index (χ0v) is 15.7. The van der Waals surface area contributed by atoms with Crippen LogP contribution in [-0.4, -0.2) is 19.5 Å². The maximum atomic E-state index is 13.2. The quantitative estimate of drug-likeness (QED) is 0.365. The van der Waals surface area contributed by atoms with E-state index in [0.29, 0.717) is 21.8 Å². The lowest BCUT2D eigenvalue weighted by molar-refractivity contribution is 0.819. The van der Waals surface area contributed by atoms with Gasteiger partial charge in [0, 0.05) is 0 Å². The molecule has 136 valence electrons. The Hall–Kier alpha value is -3.38. The number of fused-ring (bicyclic) bond motifs is 2. The van der Waals surface area contributed by atoms with Gasteiger partial charge in [-0.1, -0.05) is 54.2 Å². The van der Waals surface area contributed by atoms with Crippen molar-refractivity contribution in [2.45, 2.75) is 10.9 Å². The lowest BCUT2D eigenvalue weighted by atomic mass is 10.2. The summed E-state index contributed by atoms with van der Waals surface area (Å²) in [5, 5.41) is 1.26. The first-order valence-electron chi connectivity index (χ1n) is 8.93. The summed E-state index contributed by atoms with van der Waals surface area (Å²) in [7, 11) is 0. The standard InChI is InChI=1S/C22H16N4OS/c27-21-16-10-4-5-11-17(16)25-22(26(21)15-8-2-1-3-9-15)28-14-20-23-18-12-6-7-13-19(18)24-20/h1-13H,14H2,(H,23,24). The molecule has 0 amide bonds. The van der Waals surface area contributed by atoms with Crippen molar-refractivity contribution >= 4 is 33.7 Å². The Bertz CT molecular complexity index is 1310. The van der Waals surface area contributed by atoms with E-state index >= 15 is 0 Å². The second-order valence-electron chi connectivity index (χ2n) is 6.38. The zero-order chi connectivity index (χ0) is 18.9. The number of nitrogens with one attached hydrogen (secondary N) is 1. The van der Waals surface area contributed by atoms with Crippen molar-refractivity contribution in [3.8, 4) is 5.69 Å². The monoisotopic (exact) mass is 384 g/mol. The van der Waals surface area contributed by atoms with Gasteiger partial charge in [0.2, 0.25) is 0 Å². The average Bonchev–Trinajstić information content (AvgIpc) is 3.16. The molecule has 1 N–H and O–H groups in total. The van der Waals surface area contributed by atoms with Gasteiger partial charge in [-0.2, -0.15) is 0 Å². The van der Waals surface area contributed by atoms with Gasteiger partial charge in [-0.05, 0) is 36.4 Å². The van der Waals surface area contributed by atoms with Crippen molar-refractivity contribution in [2.75, 3.05) is 0 Å². The minimum absolute atomic E-state index is 0.0658. The molecule has 5 rings (SSSR count). The van der Waals surface area contributed by atoms with Crippen LogP contribution >= 0.6 is 11.8 Å². The maximum absolute atomic E-state index is 13.2. The first-order valence-corrected chi connectivity index (χ1v) is 9.92. The van der Waals surface area contributed by atoms with Crippen LogP contribution in [0.3, 0.4) is 0 Å². The summed E-state index contributed by atoms with van der Waals surface area (Å²) in [6.07, 6.45) is 0. The van der Waals surface area contributed by atoms with Gasteiger partial charge in [-0.15, -0.1) is 0 Å². The minimum atomic E-state index is -0.0658. The molecular weight excluding hydrogens is 368 g/mol. The number of benzene rings is 3. The van der Waals surface area contributed by atoms with Gasteiger partial charge in [0.15, 0.2) is 5.16 Å². The average molecular weight is 384 g/mol. The van der Waals surface area contributed by atoms with Crippen LogP contribution in [-0.2, 0) is 5.75 Å². The van der Waals surface area contributed by atoms with Crippen molar-refractivity contribution in [2.24, 2.45) is 0 Å². The Kier molecular flexibility index (Phi) is 4.18. The molecule has 0 aliphatic heterocycles. The fourth-order valence-corrected chi connectivity index (χ4v) is 4.10. The van der Waals surface area contributed by atoms with Crippen LogP contribution < -0.4 is 5.56 Å². The summed E-state index contributed by atoms with van der Waals surface area (Å²) in [5.41, 5.74) is 3.38. The Morgan fingerprint density at radius 2 is 1.54 bits per heavy atom. The molecule has 0 aliphatic rings. The summed E-state index contributed by atoms with van der Waals surface area (Å²) < 4.78 is 1.68. The summed E-state index contributed by atoms with van der Waals surface area (Å²) in [5.74, 6) is 1.44. The zero-order valence-electron chi connectivity index (χ0n) is 14.9. The van der Waals surface area contributed by atoms with Crippen LogP contribution in [0.4, 0.5) is 0 Å². The number of para-hydroxylation sites is 4. The Balaban J connectivity index is 1.60. The van der Waals surface area contributed by atoms with Crippen LogP contribution in [0.5, 0.6) is 0 Å². The van der Waals surface area contributed by atoms with Gasteiger partial charge < -0.3 is 4.98 Å². The molecule has 2 heterocycles.